The fourth-order valence-electron chi connectivity index (χ4n) is 2.44. The Bertz CT molecular complexity index is 90.6. The number of hydrogen-bond acceptors (Lipinski definition) is 0. The minimum atomic E-state index is 0.747. The number of hydrogen-bond donors (Lipinski definition) is 0. The Morgan fingerprint density at radius 2 is 1.27 bits per heavy atom. The van der Waals surface area contributed by atoms with E-state index < -0.39 is 0 Å². The van der Waals surface area contributed by atoms with Crippen LogP contribution >= 0.6 is 0 Å². The van der Waals surface area contributed by atoms with Crippen molar-refractivity contribution < 1.29 is 0 Å². The molecule has 0 bridgehead atoms. The van der Waals surface area contributed by atoms with Crippen LogP contribution < -0.4 is 0 Å². The second-order valence-electron chi connectivity index (χ2n) is 4.12. The Labute approximate surface area is 71.4 Å². The summed E-state index contributed by atoms with van der Waals surface area (Å²) in [5.74, 6) is 0. The lowest BCUT2D eigenvalue weighted by Crippen LogP contribution is -2.17. The van der Waals surface area contributed by atoms with Crippen molar-refractivity contribution in [1.82, 2.24) is 0 Å². The van der Waals surface area contributed by atoms with Crippen LogP contribution in [-0.2, 0) is 0 Å². The van der Waals surface area contributed by atoms with Crippen LogP contribution in [0, 0.1) is 5.41 Å². The predicted molar refractivity (Wildman–Crippen MR) is 50.7 cm³/mol. The normalized spacial score (nSPS) is 24.5. The molecule has 0 atom stereocenters. The Hall–Kier alpha value is 0. The van der Waals surface area contributed by atoms with E-state index in [1.165, 1.54) is 51.4 Å². The molecule has 0 N–H and O–H groups in total. The fraction of sp³-hybridized carbons (Fsp3) is 1.00. The van der Waals surface area contributed by atoms with Crippen molar-refractivity contribution in [3.8, 4) is 0 Å². The molecule has 0 unspecified atom stereocenters. The predicted octanol–water partition coefficient (Wildman–Crippen LogP) is 4.15. The maximum atomic E-state index is 2.37. The van der Waals surface area contributed by atoms with E-state index in [9.17, 15) is 0 Å². The van der Waals surface area contributed by atoms with Gasteiger partial charge in [-0.05, 0) is 18.3 Å². The Morgan fingerprint density at radius 1 is 0.818 bits per heavy atom. The summed E-state index contributed by atoms with van der Waals surface area (Å²) in [5, 5.41) is 0. The van der Waals surface area contributed by atoms with E-state index in [0.29, 0.717) is 0 Å². The highest BCUT2D eigenvalue weighted by Gasteiger charge is 2.26. The van der Waals surface area contributed by atoms with Crippen LogP contribution in [0.4, 0.5) is 0 Å². The first kappa shape index (κ1) is 9.09. The van der Waals surface area contributed by atoms with Gasteiger partial charge in [-0.25, -0.2) is 0 Å². The smallest absolute Gasteiger partial charge is 0.0303 e. The molecular formula is C11H22. The molecule has 0 amide bonds. The van der Waals surface area contributed by atoms with Gasteiger partial charge in [0.2, 0.25) is 0 Å². The van der Waals surface area contributed by atoms with Crippen LogP contribution in [0.3, 0.4) is 0 Å². The summed E-state index contributed by atoms with van der Waals surface area (Å²) in [4.78, 5) is 0. The molecule has 0 saturated heterocycles. The minimum Gasteiger partial charge on any atom is -0.0649 e. The molecule has 0 radical (unpaired) electrons. The Morgan fingerprint density at radius 3 is 1.64 bits per heavy atom. The van der Waals surface area contributed by atoms with Gasteiger partial charge in [0.05, 0.1) is 0 Å². The van der Waals surface area contributed by atoms with Crippen LogP contribution in [0.15, 0.2) is 0 Å². The summed E-state index contributed by atoms with van der Waals surface area (Å²) < 4.78 is 0. The number of rotatable bonds is 2. The molecule has 1 aliphatic rings. The third-order valence-corrected chi connectivity index (χ3v) is 3.66. The third kappa shape index (κ3) is 2.21. The summed E-state index contributed by atoms with van der Waals surface area (Å²) in [5.41, 5.74) is 0.747. The van der Waals surface area contributed by atoms with Gasteiger partial charge in [-0.2, -0.15) is 0 Å². The molecule has 0 aliphatic heterocycles. The summed E-state index contributed by atoms with van der Waals surface area (Å²) >= 11 is 0. The maximum absolute atomic E-state index is 2.37. The highest BCUT2D eigenvalue weighted by molar-refractivity contribution is 4.78. The van der Waals surface area contributed by atoms with Gasteiger partial charge in [-0.15, -0.1) is 0 Å². The summed E-state index contributed by atoms with van der Waals surface area (Å²) in [6.07, 6.45) is 11.8. The molecule has 11 heavy (non-hydrogen) atoms. The zero-order valence-electron chi connectivity index (χ0n) is 8.16. The quantitative estimate of drug-likeness (QED) is 0.524. The van der Waals surface area contributed by atoms with E-state index in [1.54, 1.807) is 0 Å². The van der Waals surface area contributed by atoms with Crippen molar-refractivity contribution in [2.45, 2.75) is 65.2 Å². The van der Waals surface area contributed by atoms with Crippen LogP contribution in [0.5, 0.6) is 0 Å². The highest BCUT2D eigenvalue weighted by atomic mass is 14.3. The molecule has 0 nitrogen and oxygen atoms in total. The molecule has 0 aromatic rings. The van der Waals surface area contributed by atoms with Crippen molar-refractivity contribution >= 4 is 0 Å². The van der Waals surface area contributed by atoms with Gasteiger partial charge in [0.15, 0.2) is 0 Å². The van der Waals surface area contributed by atoms with E-state index in [1.807, 2.05) is 0 Å². The van der Waals surface area contributed by atoms with Crippen LogP contribution in [0.25, 0.3) is 0 Å². The average molecular weight is 154 g/mol. The first-order chi connectivity index (χ1) is 5.33. The van der Waals surface area contributed by atoms with Gasteiger partial charge < -0.3 is 0 Å². The van der Waals surface area contributed by atoms with E-state index in [4.69, 9.17) is 0 Å². The first-order valence-electron chi connectivity index (χ1n) is 5.33. The molecule has 0 heterocycles. The van der Waals surface area contributed by atoms with Gasteiger partial charge in [-0.1, -0.05) is 52.4 Å². The summed E-state index contributed by atoms with van der Waals surface area (Å²) in [6, 6.07) is 0. The topological polar surface area (TPSA) is 0 Å². The third-order valence-electron chi connectivity index (χ3n) is 3.66. The molecule has 0 spiro atoms. The molecule has 1 aliphatic carbocycles. The van der Waals surface area contributed by atoms with E-state index >= 15 is 0 Å². The van der Waals surface area contributed by atoms with E-state index in [2.05, 4.69) is 13.8 Å². The lowest BCUT2D eigenvalue weighted by Gasteiger charge is -2.30. The zero-order valence-corrected chi connectivity index (χ0v) is 8.16. The second-order valence-corrected chi connectivity index (χ2v) is 4.12. The SMILES string of the molecule is CCC1(CC)CCCCCC1. The molecule has 1 rings (SSSR count). The van der Waals surface area contributed by atoms with E-state index in [0.717, 1.165) is 5.41 Å². The van der Waals surface area contributed by atoms with Crippen molar-refractivity contribution in [2.24, 2.45) is 5.41 Å². The van der Waals surface area contributed by atoms with Gasteiger partial charge in [0, 0.05) is 0 Å². The zero-order chi connectivity index (χ0) is 8.16. The van der Waals surface area contributed by atoms with Crippen LogP contribution in [0.1, 0.15) is 65.2 Å². The molecule has 0 aromatic heterocycles. The van der Waals surface area contributed by atoms with Crippen molar-refractivity contribution in [3.05, 3.63) is 0 Å². The minimum absolute atomic E-state index is 0.747. The average Bonchev–Trinajstić information content (AvgIpc) is 2.30. The molecule has 66 valence electrons. The van der Waals surface area contributed by atoms with Gasteiger partial charge in [0.25, 0.3) is 0 Å². The van der Waals surface area contributed by atoms with Crippen LogP contribution in [0.2, 0.25) is 0 Å². The van der Waals surface area contributed by atoms with E-state index in [-0.39, 0.29) is 0 Å². The molecule has 0 heteroatoms. The largest absolute Gasteiger partial charge is 0.0649 e. The fourth-order valence-corrected chi connectivity index (χ4v) is 2.44. The molecule has 1 saturated carbocycles. The van der Waals surface area contributed by atoms with Gasteiger partial charge >= 0.3 is 0 Å². The maximum Gasteiger partial charge on any atom is -0.0303 e. The highest BCUT2D eigenvalue weighted by Crippen LogP contribution is 2.40. The Kier molecular flexibility index (Phi) is 3.42. The molecular weight excluding hydrogens is 132 g/mol. The molecule has 1 fully saturated rings. The summed E-state index contributed by atoms with van der Waals surface area (Å²) in [6.45, 7) is 4.74. The lowest BCUT2D eigenvalue weighted by molar-refractivity contribution is 0.223. The van der Waals surface area contributed by atoms with Crippen molar-refractivity contribution in [2.75, 3.05) is 0 Å². The van der Waals surface area contributed by atoms with Crippen molar-refractivity contribution in [1.29, 1.82) is 0 Å². The standard InChI is InChI=1S/C11H22/c1-3-11(4-2)9-7-5-6-8-10-11/h3-10H2,1-2H3. The molecule has 0 aromatic carbocycles. The van der Waals surface area contributed by atoms with Gasteiger partial charge in [0.1, 0.15) is 0 Å². The second kappa shape index (κ2) is 4.13. The monoisotopic (exact) mass is 154 g/mol. The van der Waals surface area contributed by atoms with Crippen molar-refractivity contribution in [3.63, 3.8) is 0 Å². The first-order valence-corrected chi connectivity index (χ1v) is 5.33. The summed E-state index contributed by atoms with van der Waals surface area (Å²) in [7, 11) is 0. The van der Waals surface area contributed by atoms with Gasteiger partial charge in [-0.3, -0.25) is 0 Å². The Balaban J connectivity index is 2.49. The van der Waals surface area contributed by atoms with Crippen LogP contribution in [-0.4, -0.2) is 0 Å². The lowest BCUT2D eigenvalue weighted by atomic mass is 9.76.